The molecule has 2 aromatic carbocycles. The number of ether oxygens (including phenoxy) is 1. The van der Waals surface area contributed by atoms with E-state index in [0.29, 0.717) is 11.3 Å². The highest BCUT2D eigenvalue weighted by atomic mass is 19.4. The highest BCUT2D eigenvalue weighted by Crippen LogP contribution is 2.35. The van der Waals surface area contributed by atoms with Gasteiger partial charge in [0.25, 0.3) is 6.43 Å². The van der Waals surface area contributed by atoms with Crippen molar-refractivity contribution in [1.82, 2.24) is 30.4 Å². The number of rotatable bonds is 14. The molecule has 0 aliphatic carbocycles. The molecule has 6 rings (SSSR count). The standard InChI is InChI=1S/C40H45F5N6O6/c1-39(2,38-47-19-33(57-38)26-15-27(35(41)42)18-46-17-26)51-13-12-50(30(21-51)37(55)48-23-40(43,44)45)20-28(52)16-25(14-24-8-4-3-5-9-24)36(54)49-34-29-10-6-7-11-32(29)56-22-31(34)53/h3-11,15,17-19,25,28,30-31,34-35,52-53H,12-14,16,20-23H2,1-2H3,(H,48,55)(H,49,54)/t25?,28-,30-,31+,34-/m0/s1. The maximum atomic E-state index is 14.0. The van der Waals surface area contributed by atoms with E-state index >= 15 is 0 Å². The first-order chi connectivity index (χ1) is 27.1. The van der Waals surface area contributed by atoms with E-state index < -0.39 is 66.7 Å². The number of hydrogen-bond donors (Lipinski definition) is 4. The summed E-state index contributed by atoms with van der Waals surface area (Å²) in [5.74, 6) is -1.24. The molecule has 4 N–H and O–H groups in total. The molecule has 306 valence electrons. The van der Waals surface area contributed by atoms with Crippen LogP contribution in [0.15, 0.2) is 83.7 Å². The Balaban J connectivity index is 1.19. The van der Waals surface area contributed by atoms with Gasteiger partial charge < -0.3 is 30.0 Å². The lowest BCUT2D eigenvalue weighted by Gasteiger charge is -2.46. The molecule has 17 heteroatoms. The number of piperazine rings is 1. The smallest absolute Gasteiger partial charge is 0.405 e. The van der Waals surface area contributed by atoms with E-state index in [0.717, 1.165) is 11.8 Å². The average Bonchev–Trinajstić information content (AvgIpc) is 3.70. The fraction of sp³-hybridized carbons (Fsp3) is 0.450. The van der Waals surface area contributed by atoms with Gasteiger partial charge in [-0.3, -0.25) is 24.4 Å². The lowest BCUT2D eigenvalue weighted by Crippen LogP contribution is -2.63. The second-order valence-electron chi connectivity index (χ2n) is 14.9. The van der Waals surface area contributed by atoms with Crippen LogP contribution in [0.5, 0.6) is 5.75 Å². The van der Waals surface area contributed by atoms with Crippen LogP contribution in [-0.4, -0.2) is 106 Å². The van der Waals surface area contributed by atoms with Crippen molar-refractivity contribution in [1.29, 1.82) is 0 Å². The number of aliphatic hydroxyl groups excluding tert-OH is 2. The average molecular weight is 801 g/mol. The molecule has 0 bridgehead atoms. The lowest BCUT2D eigenvalue weighted by atomic mass is 9.90. The van der Waals surface area contributed by atoms with Crippen molar-refractivity contribution in [3.63, 3.8) is 0 Å². The van der Waals surface area contributed by atoms with Crippen molar-refractivity contribution in [2.75, 3.05) is 39.3 Å². The summed E-state index contributed by atoms with van der Waals surface area (Å²) >= 11 is 0. The number of pyridine rings is 1. The van der Waals surface area contributed by atoms with E-state index in [1.165, 1.54) is 18.5 Å². The molecule has 12 nitrogen and oxygen atoms in total. The van der Waals surface area contributed by atoms with Gasteiger partial charge in [-0.25, -0.2) is 13.8 Å². The summed E-state index contributed by atoms with van der Waals surface area (Å²) in [6.07, 6.45) is -5.69. The van der Waals surface area contributed by atoms with Crippen molar-refractivity contribution >= 4 is 11.8 Å². The number of aliphatic hydroxyl groups is 2. The molecule has 57 heavy (non-hydrogen) atoms. The second-order valence-corrected chi connectivity index (χ2v) is 14.9. The Hall–Kier alpha value is -4.97. The number of hydrogen-bond acceptors (Lipinski definition) is 10. The van der Waals surface area contributed by atoms with Gasteiger partial charge >= 0.3 is 6.18 Å². The lowest BCUT2D eigenvalue weighted by molar-refractivity contribution is -0.144. The topological polar surface area (TPSA) is 153 Å². The maximum absolute atomic E-state index is 14.0. The predicted molar refractivity (Wildman–Crippen MR) is 197 cm³/mol. The van der Waals surface area contributed by atoms with E-state index in [1.54, 1.807) is 43.0 Å². The van der Waals surface area contributed by atoms with Crippen molar-refractivity contribution in [2.45, 2.75) is 69.1 Å². The summed E-state index contributed by atoms with van der Waals surface area (Å²) < 4.78 is 78.0. The molecule has 0 radical (unpaired) electrons. The number of para-hydroxylation sites is 1. The Morgan fingerprint density at radius 2 is 1.75 bits per heavy atom. The number of β-amino-alcohol motifs (C(OH)–C–C–N with tert-alkyl or cyclic N) is 1. The van der Waals surface area contributed by atoms with Gasteiger partial charge in [-0.05, 0) is 44.4 Å². The number of nitrogens with one attached hydrogen (secondary N) is 2. The number of benzene rings is 2. The van der Waals surface area contributed by atoms with Gasteiger partial charge in [0.2, 0.25) is 17.7 Å². The largest absolute Gasteiger partial charge is 0.490 e. The Bertz CT molecular complexity index is 1980. The van der Waals surface area contributed by atoms with Gasteiger partial charge in [0.1, 0.15) is 31.0 Å². The quantitative estimate of drug-likeness (QED) is 0.131. The van der Waals surface area contributed by atoms with Crippen LogP contribution in [0.1, 0.15) is 55.3 Å². The zero-order valence-electron chi connectivity index (χ0n) is 31.3. The van der Waals surface area contributed by atoms with Crippen molar-refractivity contribution in [3.8, 4) is 17.1 Å². The first-order valence-corrected chi connectivity index (χ1v) is 18.5. The molecule has 4 aromatic rings. The minimum absolute atomic E-state index is 0.0295. The molecule has 1 unspecified atom stereocenters. The first kappa shape index (κ1) is 41.7. The van der Waals surface area contributed by atoms with E-state index in [1.807, 2.05) is 40.5 Å². The maximum Gasteiger partial charge on any atom is 0.405 e. The number of carbonyl (C=O) groups is 2. The predicted octanol–water partition coefficient (Wildman–Crippen LogP) is 4.79. The molecule has 0 saturated carbocycles. The SMILES string of the molecule is CC(C)(c1ncc(-c2cncc(C(F)F)c2)o1)N1CCN(C[C@@H](O)CC(Cc2ccccc2)C(=O)N[C@H]2c3ccccc3OC[C@H]2O)[C@H](C(=O)NCC(F)(F)F)C1. The number of nitrogens with zero attached hydrogens (tertiary/aromatic N) is 4. The van der Waals surface area contributed by atoms with Crippen LogP contribution in [0.3, 0.4) is 0 Å². The summed E-state index contributed by atoms with van der Waals surface area (Å²) in [5, 5.41) is 27.3. The van der Waals surface area contributed by atoms with Gasteiger partial charge in [0, 0.05) is 61.2 Å². The minimum Gasteiger partial charge on any atom is -0.490 e. The monoisotopic (exact) mass is 800 g/mol. The van der Waals surface area contributed by atoms with Crippen LogP contribution in [-0.2, 0) is 21.5 Å². The highest BCUT2D eigenvalue weighted by Gasteiger charge is 2.43. The Kier molecular flexibility index (Phi) is 12.9. The molecule has 0 spiro atoms. The van der Waals surface area contributed by atoms with E-state index in [-0.39, 0.29) is 68.4 Å². The van der Waals surface area contributed by atoms with Crippen LogP contribution in [0.4, 0.5) is 22.0 Å². The van der Waals surface area contributed by atoms with Gasteiger partial charge in [-0.2, -0.15) is 13.2 Å². The fourth-order valence-corrected chi connectivity index (χ4v) is 7.29. The Labute approximate surface area is 326 Å². The third-order valence-electron chi connectivity index (χ3n) is 10.4. The molecule has 2 aliphatic heterocycles. The molecule has 4 heterocycles. The third-order valence-corrected chi connectivity index (χ3v) is 10.4. The fourth-order valence-electron chi connectivity index (χ4n) is 7.29. The summed E-state index contributed by atoms with van der Waals surface area (Å²) in [6.45, 7) is 2.11. The second kappa shape index (κ2) is 17.7. The molecule has 1 fully saturated rings. The minimum atomic E-state index is -4.67. The zero-order valence-corrected chi connectivity index (χ0v) is 31.3. The van der Waals surface area contributed by atoms with E-state index in [9.17, 15) is 41.8 Å². The van der Waals surface area contributed by atoms with Gasteiger partial charge in [-0.1, -0.05) is 48.5 Å². The number of carbonyl (C=O) groups excluding carboxylic acids is 2. The molecule has 2 aromatic heterocycles. The van der Waals surface area contributed by atoms with Gasteiger partial charge in [0.15, 0.2) is 5.76 Å². The first-order valence-electron chi connectivity index (χ1n) is 18.5. The Morgan fingerprint density at radius 1 is 1.02 bits per heavy atom. The molecule has 2 amide bonds. The Morgan fingerprint density at radius 3 is 2.49 bits per heavy atom. The van der Waals surface area contributed by atoms with Crippen molar-refractivity contribution in [2.24, 2.45) is 5.92 Å². The van der Waals surface area contributed by atoms with Gasteiger partial charge in [-0.15, -0.1) is 0 Å². The number of fused-ring (bicyclic) bond motifs is 1. The molecule has 2 aliphatic rings. The molecule has 5 atom stereocenters. The summed E-state index contributed by atoms with van der Waals surface area (Å²) in [6, 6.07) is 15.5. The highest BCUT2D eigenvalue weighted by molar-refractivity contribution is 5.82. The van der Waals surface area contributed by atoms with Crippen LogP contribution in [0.25, 0.3) is 11.3 Å². The number of halogens is 5. The number of oxazole rings is 1. The van der Waals surface area contributed by atoms with E-state index in [4.69, 9.17) is 9.15 Å². The van der Waals surface area contributed by atoms with Crippen LogP contribution < -0.4 is 15.4 Å². The zero-order chi connectivity index (χ0) is 40.9. The molecule has 1 saturated heterocycles. The molecular weight excluding hydrogens is 755 g/mol. The number of alkyl halides is 5. The van der Waals surface area contributed by atoms with Crippen LogP contribution >= 0.6 is 0 Å². The number of amides is 2. The van der Waals surface area contributed by atoms with Gasteiger partial charge in [0.05, 0.1) is 23.9 Å². The van der Waals surface area contributed by atoms with Crippen molar-refractivity contribution < 1.29 is 50.9 Å². The van der Waals surface area contributed by atoms with Crippen LogP contribution in [0.2, 0.25) is 0 Å². The normalized spacial score (nSPS) is 20.4. The summed E-state index contributed by atoms with van der Waals surface area (Å²) in [7, 11) is 0. The summed E-state index contributed by atoms with van der Waals surface area (Å²) in [4.78, 5) is 39.1. The van der Waals surface area contributed by atoms with Crippen molar-refractivity contribution in [3.05, 3.63) is 102 Å². The van der Waals surface area contributed by atoms with Crippen LogP contribution in [0, 0.1) is 5.92 Å². The summed E-state index contributed by atoms with van der Waals surface area (Å²) in [5.41, 5.74) is 0.387. The third kappa shape index (κ3) is 10.3. The molecular formula is C40H45F5N6O6. The number of aromatic nitrogens is 2. The van der Waals surface area contributed by atoms with E-state index in [2.05, 4.69) is 15.3 Å².